The first-order chi connectivity index (χ1) is 8.59. The van der Waals surface area contributed by atoms with E-state index in [1.165, 1.54) is 36.5 Å². The smallest absolute Gasteiger partial charge is 0.258 e. The lowest BCUT2D eigenvalue weighted by molar-refractivity contribution is -0.385. The first kappa shape index (κ1) is 11.6. The molecule has 0 amide bonds. The number of hydrogen-bond donors (Lipinski definition) is 0. The quantitative estimate of drug-likeness (QED) is 0.611. The van der Waals surface area contributed by atoms with Gasteiger partial charge in [-0.15, -0.1) is 0 Å². The number of nitro benzene ring substituents is 1. The molecule has 0 radical (unpaired) electrons. The van der Waals surface area contributed by atoms with E-state index < -0.39 is 9.85 Å². The lowest BCUT2D eigenvalue weighted by Gasteiger charge is -2.01. The molecule has 7 heteroatoms. The second-order valence-electron chi connectivity index (χ2n) is 3.45. The zero-order valence-electron chi connectivity index (χ0n) is 9.02. The molecular formula is C11H7N3O4. The van der Waals surface area contributed by atoms with Crippen LogP contribution in [0.15, 0.2) is 42.7 Å². The molecule has 1 aromatic heterocycles. The van der Waals surface area contributed by atoms with Gasteiger partial charge in [-0.3, -0.25) is 25.2 Å². The van der Waals surface area contributed by atoms with Gasteiger partial charge in [-0.25, -0.2) is 0 Å². The van der Waals surface area contributed by atoms with Crippen LogP contribution in [0.3, 0.4) is 0 Å². The summed E-state index contributed by atoms with van der Waals surface area (Å²) >= 11 is 0. The zero-order chi connectivity index (χ0) is 13.1. The molecule has 2 aromatic rings. The SMILES string of the molecule is O=[N+]([O-])c1ccc(-c2ccncc2[N+](=O)[O-])cc1. The van der Waals surface area contributed by atoms with E-state index in [-0.39, 0.29) is 11.4 Å². The van der Waals surface area contributed by atoms with Crippen molar-refractivity contribution in [1.29, 1.82) is 0 Å². The molecule has 1 aromatic carbocycles. The first-order valence-corrected chi connectivity index (χ1v) is 4.93. The summed E-state index contributed by atoms with van der Waals surface area (Å²) in [6, 6.07) is 7.05. The van der Waals surface area contributed by atoms with E-state index in [9.17, 15) is 20.2 Å². The van der Waals surface area contributed by atoms with Gasteiger partial charge in [-0.2, -0.15) is 0 Å². The second-order valence-corrected chi connectivity index (χ2v) is 3.45. The molecule has 0 saturated carbocycles. The maximum Gasteiger partial charge on any atom is 0.295 e. The molecule has 0 unspecified atom stereocenters. The molecule has 0 aliphatic rings. The van der Waals surface area contributed by atoms with E-state index in [1.807, 2.05) is 0 Å². The van der Waals surface area contributed by atoms with Crippen LogP contribution in [0.4, 0.5) is 11.4 Å². The van der Waals surface area contributed by atoms with Gasteiger partial charge >= 0.3 is 0 Å². The van der Waals surface area contributed by atoms with Crippen LogP contribution < -0.4 is 0 Å². The third kappa shape index (κ3) is 2.14. The fraction of sp³-hybridized carbons (Fsp3) is 0. The van der Waals surface area contributed by atoms with Crippen LogP contribution in [0.5, 0.6) is 0 Å². The Kier molecular flexibility index (Phi) is 2.96. The highest BCUT2D eigenvalue weighted by atomic mass is 16.6. The van der Waals surface area contributed by atoms with Crippen molar-refractivity contribution in [3.05, 3.63) is 63.0 Å². The van der Waals surface area contributed by atoms with Crippen molar-refractivity contribution in [3.8, 4) is 11.1 Å². The van der Waals surface area contributed by atoms with Crippen LogP contribution >= 0.6 is 0 Å². The van der Waals surface area contributed by atoms with Gasteiger partial charge in [0.1, 0.15) is 6.20 Å². The summed E-state index contributed by atoms with van der Waals surface area (Å²) in [5, 5.41) is 21.3. The number of non-ortho nitro benzene ring substituents is 1. The molecule has 0 aliphatic carbocycles. The van der Waals surface area contributed by atoms with Gasteiger partial charge < -0.3 is 0 Å². The van der Waals surface area contributed by atoms with E-state index in [4.69, 9.17) is 0 Å². The molecule has 18 heavy (non-hydrogen) atoms. The average Bonchev–Trinajstić information content (AvgIpc) is 2.39. The molecule has 0 N–H and O–H groups in total. The first-order valence-electron chi connectivity index (χ1n) is 4.93. The molecule has 0 bridgehead atoms. The minimum absolute atomic E-state index is 0.0598. The summed E-state index contributed by atoms with van der Waals surface area (Å²) in [5.74, 6) is 0. The number of rotatable bonds is 3. The summed E-state index contributed by atoms with van der Waals surface area (Å²) in [5.41, 5.74) is 0.724. The molecule has 0 saturated heterocycles. The van der Waals surface area contributed by atoms with Gasteiger partial charge in [0.05, 0.1) is 15.4 Å². The van der Waals surface area contributed by atoms with Crippen molar-refractivity contribution in [2.75, 3.05) is 0 Å². The number of hydrogen-bond acceptors (Lipinski definition) is 5. The van der Waals surface area contributed by atoms with Crippen LogP contribution in [0, 0.1) is 20.2 Å². The Morgan fingerprint density at radius 3 is 2.17 bits per heavy atom. The number of nitro groups is 2. The predicted octanol–water partition coefficient (Wildman–Crippen LogP) is 2.57. The van der Waals surface area contributed by atoms with Crippen LogP contribution in [-0.4, -0.2) is 14.8 Å². The fourth-order valence-corrected chi connectivity index (χ4v) is 1.54. The highest BCUT2D eigenvalue weighted by molar-refractivity contribution is 5.73. The largest absolute Gasteiger partial charge is 0.295 e. The summed E-state index contributed by atoms with van der Waals surface area (Å²) in [7, 11) is 0. The Morgan fingerprint density at radius 1 is 0.944 bits per heavy atom. The number of nitrogens with zero attached hydrogens (tertiary/aromatic N) is 3. The lowest BCUT2D eigenvalue weighted by Crippen LogP contribution is -1.93. The van der Waals surface area contributed by atoms with E-state index in [2.05, 4.69) is 4.98 Å². The van der Waals surface area contributed by atoms with Gasteiger partial charge in [0.2, 0.25) is 0 Å². The maximum atomic E-state index is 10.8. The monoisotopic (exact) mass is 245 g/mol. The van der Waals surface area contributed by atoms with Gasteiger partial charge in [-0.1, -0.05) is 0 Å². The van der Waals surface area contributed by atoms with Gasteiger partial charge in [0.25, 0.3) is 11.4 Å². The standard InChI is InChI=1S/C11H7N3O4/c15-13(16)9-3-1-8(2-4-9)10-5-6-12-7-11(10)14(17)18/h1-7H. The van der Waals surface area contributed by atoms with Crippen LogP contribution in [0.1, 0.15) is 0 Å². The second kappa shape index (κ2) is 4.58. The Labute approximate surface area is 101 Å². The zero-order valence-corrected chi connectivity index (χ0v) is 9.02. The summed E-state index contributed by atoms with van der Waals surface area (Å²) in [6.07, 6.45) is 2.58. The number of benzene rings is 1. The van der Waals surface area contributed by atoms with Gasteiger partial charge in [-0.05, 0) is 23.8 Å². The van der Waals surface area contributed by atoms with E-state index in [0.717, 1.165) is 6.20 Å². The van der Waals surface area contributed by atoms with Crippen molar-refractivity contribution < 1.29 is 9.85 Å². The van der Waals surface area contributed by atoms with Crippen LogP contribution in [0.2, 0.25) is 0 Å². The third-order valence-corrected chi connectivity index (χ3v) is 2.39. The van der Waals surface area contributed by atoms with Crippen molar-refractivity contribution >= 4 is 11.4 Å². The van der Waals surface area contributed by atoms with Crippen molar-refractivity contribution in [3.63, 3.8) is 0 Å². The van der Waals surface area contributed by atoms with Crippen LogP contribution in [0.25, 0.3) is 11.1 Å². The molecule has 0 spiro atoms. The van der Waals surface area contributed by atoms with Gasteiger partial charge in [0, 0.05) is 18.3 Å². The van der Waals surface area contributed by atoms with Gasteiger partial charge in [0.15, 0.2) is 0 Å². The number of aromatic nitrogens is 1. The molecule has 1 heterocycles. The van der Waals surface area contributed by atoms with E-state index in [0.29, 0.717) is 11.1 Å². The third-order valence-electron chi connectivity index (χ3n) is 2.39. The highest BCUT2D eigenvalue weighted by Gasteiger charge is 2.15. The predicted molar refractivity (Wildman–Crippen MR) is 63.0 cm³/mol. The highest BCUT2D eigenvalue weighted by Crippen LogP contribution is 2.29. The molecule has 0 atom stereocenters. The Balaban J connectivity index is 2.49. The molecule has 0 fully saturated rings. The Morgan fingerprint density at radius 2 is 1.61 bits per heavy atom. The molecule has 0 aliphatic heterocycles. The lowest BCUT2D eigenvalue weighted by atomic mass is 10.1. The maximum absolute atomic E-state index is 10.8. The molecular weight excluding hydrogens is 238 g/mol. The minimum atomic E-state index is -0.538. The van der Waals surface area contributed by atoms with E-state index >= 15 is 0 Å². The summed E-state index contributed by atoms with van der Waals surface area (Å²) < 4.78 is 0. The van der Waals surface area contributed by atoms with E-state index in [1.54, 1.807) is 0 Å². The summed E-state index contributed by atoms with van der Waals surface area (Å²) in [6.45, 7) is 0. The van der Waals surface area contributed by atoms with Crippen molar-refractivity contribution in [2.24, 2.45) is 0 Å². The Bertz CT molecular complexity index is 610. The topological polar surface area (TPSA) is 99.2 Å². The minimum Gasteiger partial charge on any atom is -0.258 e. The normalized spacial score (nSPS) is 10.0. The number of pyridine rings is 1. The Hall–Kier alpha value is -2.83. The van der Waals surface area contributed by atoms with Crippen molar-refractivity contribution in [1.82, 2.24) is 4.98 Å². The molecule has 7 nitrogen and oxygen atoms in total. The summed E-state index contributed by atoms with van der Waals surface area (Å²) in [4.78, 5) is 24.0. The molecule has 90 valence electrons. The molecule has 2 rings (SSSR count). The van der Waals surface area contributed by atoms with Crippen LogP contribution in [-0.2, 0) is 0 Å². The fourth-order valence-electron chi connectivity index (χ4n) is 1.54. The van der Waals surface area contributed by atoms with Crippen molar-refractivity contribution in [2.45, 2.75) is 0 Å². The average molecular weight is 245 g/mol.